The molecule has 2 rings (SSSR count). The van der Waals surface area contributed by atoms with E-state index in [9.17, 15) is 4.79 Å². The molecule has 1 unspecified atom stereocenters. The summed E-state index contributed by atoms with van der Waals surface area (Å²) in [7, 11) is 0. The summed E-state index contributed by atoms with van der Waals surface area (Å²) in [5, 5.41) is 0. The number of nitrogens with two attached hydrogens (primary N) is 1. The molecule has 1 atom stereocenters. The van der Waals surface area contributed by atoms with E-state index in [0.29, 0.717) is 19.6 Å². The van der Waals surface area contributed by atoms with Crippen LogP contribution in [0.5, 0.6) is 0 Å². The third-order valence-electron chi connectivity index (χ3n) is 2.62. The van der Waals surface area contributed by atoms with Crippen molar-refractivity contribution in [3.63, 3.8) is 0 Å². The van der Waals surface area contributed by atoms with E-state index in [2.05, 4.69) is 4.98 Å². The van der Waals surface area contributed by atoms with Gasteiger partial charge in [0.1, 0.15) is 6.10 Å². The van der Waals surface area contributed by atoms with Gasteiger partial charge in [0, 0.05) is 32.0 Å². The van der Waals surface area contributed by atoms with Crippen LogP contribution in [0.25, 0.3) is 0 Å². The molecule has 2 N–H and O–H groups in total. The predicted octanol–water partition coefficient (Wildman–Crippen LogP) is 0.0527. The molecule has 1 amide bonds. The van der Waals surface area contributed by atoms with Gasteiger partial charge in [-0.25, -0.2) is 9.78 Å². The van der Waals surface area contributed by atoms with Crippen LogP contribution in [0.4, 0.5) is 4.79 Å². The molecule has 88 valence electrons. The molecule has 1 saturated heterocycles. The number of imidazole rings is 1. The number of hydrogen-bond donors (Lipinski definition) is 1. The van der Waals surface area contributed by atoms with Crippen LogP contribution in [-0.4, -0.2) is 46.3 Å². The monoisotopic (exact) mass is 224 g/mol. The Morgan fingerprint density at radius 2 is 2.44 bits per heavy atom. The van der Waals surface area contributed by atoms with Gasteiger partial charge in [-0.05, 0) is 6.42 Å². The molecule has 0 bridgehead atoms. The molecule has 0 saturated carbocycles. The predicted molar refractivity (Wildman–Crippen MR) is 57.7 cm³/mol. The number of nitrogens with zero attached hydrogens (tertiary/aromatic N) is 3. The van der Waals surface area contributed by atoms with E-state index in [1.54, 1.807) is 17.4 Å². The van der Waals surface area contributed by atoms with Crippen molar-refractivity contribution in [2.45, 2.75) is 19.1 Å². The number of cyclic esters (lactones) is 1. The van der Waals surface area contributed by atoms with Crippen molar-refractivity contribution in [3.8, 4) is 0 Å². The van der Waals surface area contributed by atoms with E-state index < -0.39 is 0 Å². The fourth-order valence-electron chi connectivity index (χ4n) is 1.74. The van der Waals surface area contributed by atoms with E-state index in [-0.39, 0.29) is 12.2 Å². The second-order valence-corrected chi connectivity index (χ2v) is 3.84. The Balaban J connectivity index is 1.72. The van der Waals surface area contributed by atoms with Crippen molar-refractivity contribution in [1.29, 1.82) is 0 Å². The number of carbonyl (C=O) groups is 1. The Kier molecular flexibility index (Phi) is 3.40. The van der Waals surface area contributed by atoms with Gasteiger partial charge in [0.2, 0.25) is 0 Å². The largest absolute Gasteiger partial charge is 0.443 e. The van der Waals surface area contributed by atoms with Crippen molar-refractivity contribution in [2.24, 2.45) is 5.73 Å². The van der Waals surface area contributed by atoms with E-state index >= 15 is 0 Å². The molecular weight excluding hydrogens is 208 g/mol. The molecule has 1 fully saturated rings. The molecule has 0 spiro atoms. The summed E-state index contributed by atoms with van der Waals surface area (Å²) >= 11 is 0. The number of ether oxygens (including phenoxy) is 1. The highest BCUT2D eigenvalue weighted by Crippen LogP contribution is 2.10. The molecule has 16 heavy (non-hydrogen) atoms. The summed E-state index contributed by atoms with van der Waals surface area (Å²) in [5.74, 6) is 0. The first-order chi connectivity index (χ1) is 7.79. The number of aryl methyl sites for hydroxylation is 1. The van der Waals surface area contributed by atoms with Crippen molar-refractivity contribution in [1.82, 2.24) is 14.5 Å². The number of hydrogen-bond acceptors (Lipinski definition) is 4. The Morgan fingerprint density at radius 1 is 1.56 bits per heavy atom. The van der Waals surface area contributed by atoms with E-state index in [1.165, 1.54) is 0 Å². The van der Waals surface area contributed by atoms with Crippen molar-refractivity contribution < 1.29 is 9.53 Å². The first-order valence-electron chi connectivity index (χ1n) is 5.41. The lowest BCUT2D eigenvalue weighted by Crippen LogP contribution is -2.29. The lowest BCUT2D eigenvalue weighted by molar-refractivity contribution is 0.134. The zero-order valence-corrected chi connectivity index (χ0v) is 9.08. The van der Waals surface area contributed by atoms with Crippen LogP contribution in [0.3, 0.4) is 0 Å². The average molecular weight is 224 g/mol. The molecule has 2 heterocycles. The number of carbonyl (C=O) groups excluding carboxylic acids is 1. The molecule has 6 heteroatoms. The van der Waals surface area contributed by atoms with Crippen LogP contribution in [0.1, 0.15) is 6.42 Å². The van der Waals surface area contributed by atoms with Crippen molar-refractivity contribution >= 4 is 6.09 Å². The molecule has 1 aromatic heterocycles. The van der Waals surface area contributed by atoms with Crippen LogP contribution in [-0.2, 0) is 11.3 Å². The highest BCUT2D eigenvalue weighted by molar-refractivity contribution is 5.69. The van der Waals surface area contributed by atoms with Gasteiger partial charge in [0.05, 0.1) is 12.9 Å². The van der Waals surface area contributed by atoms with Crippen molar-refractivity contribution in [2.75, 3.05) is 19.6 Å². The molecule has 1 aromatic rings. The minimum Gasteiger partial charge on any atom is -0.443 e. The zero-order chi connectivity index (χ0) is 11.4. The van der Waals surface area contributed by atoms with Gasteiger partial charge in [-0.15, -0.1) is 0 Å². The number of aromatic nitrogens is 2. The SMILES string of the molecule is NCC1CN(CCCn2ccnc2)C(=O)O1. The van der Waals surface area contributed by atoms with Gasteiger partial charge >= 0.3 is 6.09 Å². The maximum atomic E-state index is 11.4. The second-order valence-electron chi connectivity index (χ2n) is 3.84. The molecule has 0 radical (unpaired) electrons. The Hall–Kier alpha value is -1.56. The summed E-state index contributed by atoms with van der Waals surface area (Å²) < 4.78 is 7.04. The second kappa shape index (κ2) is 4.98. The molecular formula is C10H16N4O2. The standard InChI is InChI=1S/C10H16N4O2/c11-6-9-7-14(10(15)16-9)4-1-3-13-5-2-12-8-13/h2,5,8-9H,1,3-4,6-7,11H2. The number of rotatable bonds is 5. The Bertz CT molecular complexity index is 339. The smallest absolute Gasteiger partial charge is 0.410 e. The normalized spacial score (nSPS) is 20.2. The fraction of sp³-hybridized carbons (Fsp3) is 0.600. The van der Waals surface area contributed by atoms with Gasteiger partial charge < -0.3 is 19.9 Å². The fourth-order valence-corrected chi connectivity index (χ4v) is 1.74. The van der Waals surface area contributed by atoms with Crippen LogP contribution in [0, 0.1) is 0 Å². The lowest BCUT2D eigenvalue weighted by atomic mass is 10.3. The summed E-state index contributed by atoms with van der Waals surface area (Å²) in [5.41, 5.74) is 5.45. The lowest BCUT2D eigenvalue weighted by Gasteiger charge is -2.12. The quantitative estimate of drug-likeness (QED) is 0.767. The topological polar surface area (TPSA) is 73.4 Å². The van der Waals surface area contributed by atoms with Gasteiger partial charge in [-0.1, -0.05) is 0 Å². The first kappa shape index (κ1) is 10.9. The van der Waals surface area contributed by atoms with Crippen LogP contribution in [0.2, 0.25) is 0 Å². The van der Waals surface area contributed by atoms with Gasteiger partial charge in [-0.3, -0.25) is 0 Å². The van der Waals surface area contributed by atoms with Gasteiger partial charge in [-0.2, -0.15) is 0 Å². The Labute approximate surface area is 94.0 Å². The summed E-state index contributed by atoms with van der Waals surface area (Å²) in [6.45, 7) is 2.56. The van der Waals surface area contributed by atoms with E-state index in [1.807, 2.05) is 10.8 Å². The summed E-state index contributed by atoms with van der Waals surface area (Å²) in [4.78, 5) is 17.0. The third kappa shape index (κ3) is 2.52. The minimum absolute atomic E-state index is 0.138. The van der Waals surface area contributed by atoms with E-state index in [0.717, 1.165) is 13.0 Å². The average Bonchev–Trinajstić information content (AvgIpc) is 2.89. The molecule has 0 aliphatic carbocycles. The molecule has 0 aromatic carbocycles. The Morgan fingerprint density at radius 3 is 3.06 bits per heavy atom. The molecule has 1 aliphatic rings. The maximum Gasteiger partial charge on any atom is 0.410 e. The maximum absolute atomic E-state index is 11.4. The van der Waals surface area contributed by atoms with Crippen LogP contribution >= 0.6 is 0 Å². The van der Waals surface area contributed by atoms with Gasteiger partial charge in [0.15, 0.2) is 0 Å². The van der Waals surface area contributed by atoms with Crippen LogP contribution in [0.15, 0.2) is 18.7 Å². The first-order valence-corrected chi connectivity index (χ1v) is 5.41. The molecule has 1 aliphatic heterocycles. The third-order valence-corrected chi connectivity index (χ3v) is 2.62. The highest BCUT2D eigenvalue weighted by atomic mass is 16.6. The van der Waals surface area contributed by atoms with Gasteiger partial charge in [0.25, 0.3) is 0 Å². The zero-order valence-electron chi connectivity index (χ0n) is 9.08. The minimum atomic E-state index is -0.249. The van der Waals surface area contributed by atoms with Crippen molar-refractivity contribution in [3.05, 3.63) is 18.7 Å². The highest BCUT2D eigenvalue weighted by Gasteiger charge is 2.29. The van der Waals surface area contributed by atoms with Crippen LogP contribution < -0.4 is 5.73 Å². The number of amides is 1. The summed E-state index contributed by atoms with van der Waals surface area (Å²) in [6, 6.07) is 0. The summed E-state index contributed by atoms with van der Waals surface area (Å²) in [6.07, 6.45) is 5.93. The van der Waals surface area contributed by atoms with E-state index in [4.69, 9.17) is 10.5 Å². The molecule has 6 nitrogen and oxygen atoms in total.